The van der Waals surface area contributed by atoms with Crippen LogP contribution in [0.15, 0.2) is 35.7 Å². The minimum Gasteiger partial charge on any atom is -0.456 e. The van der Waals surface area contributed by atoms with E-state index in [-0.39, 0.29) is 22.9 Å². The Morgan fingerprint density at radius 3 is 2.84 bits per heavy atom. The Balaban J connectivity index is 2.11. The van der Waals surface area contributed by atoms with Crippen molar-refractivity contribution in [1.29, 1.82) is 0 Å². The second kappa shape index (κ2) is 5.81. The van der Waals surface area contributed by atoms with Gasteiger partial charge in [-0.3, -0.25) is 10.1 Å². The van der Waals surface area contributed by atoms with Crippen molar-refractivity contribution in [2.24, 2.45) is 0 Å². The average Bonchev–Trinajstić information content (AvgIpc) is 2.89. The first-order valence-electron chi connectivity index (χ1n) is 5.21. The summed E-state index contributed by atoms with van der Waals surface area (Å²) in [6.07, 6.45) is 0. The summed E-state index contributed by atoms with van der Waals surface area (Å²) in [4.78, 5) is 22.7. The van der Waals surface area contributed by atoms with Crippen LogP contribution in [0, 0.1) is 10.1 Å². The number of benzene rings is 1. The molecule has 19 heavy (non-hydrogen) atoms. The van der Waals surface area contributed by atoms with Crippen LogP contribution >= 0.6 is 22.9 Å². The largest absolute Gasteiger partial charge is 0.456 e. The first-order chi connectivity index (χ1) is 9.08. The number of nitrogens with zero attached hydrogens (tertiary/aromatic N) is 1. The quantitative estimate of drug-likeness (QED) is 0.490. The molecule has 0 saturated heterocycles. The maximum atomic E-state index is 11.7. The van der Waals surface area contributed by atoms with Gasteiger partial charge in [-0.05, 0) is 23.6 Å². The number of halogens is 1. The Morgan fingerprint density at radius 2 is 2.21 bits per heavy atom. The maximum Gasteiger partial charge on any atom is 0.338 e. The molecule has 2 aromatic rings. The number of ether oxygens (including phenoxy) is 1. The van der Waals surface area contributed by atoms with Crippen LogP contribution in [-0.2, 0) is 11.3 Å². The molecule has 98 valence electrons. The first-order valence-corrected chi connectivity index (χ1v) is 6.47. The van der Waals surface area contributed by atoms with Crippen molar-refractivity contribution < 1.29 is 14.5 Å². The van der Waals surface area contributed by atoms with Crippen molar-refractivity contribution in [3.05, 3.63) is 61.3 Å². The van der Waals surface area contributed by atoms with Gasteiger partial charge in [-0.15, -0.1) is 11.3 Å². The maximum absolute atomic E-state index is 11.7. The molecule has 0 bridgehead atoms. The highest BCUT2D eigenvalue weighted by Crippen LogP contribution is 2.25. The Bertz CT molecular complexity index is 612. The fourth-order valence-corrected chi connectivity index (χ4v) is 2.20. The minimum absolute atomic E-state index is 0.0141. The van der Waals surface area contributed by atoms with Crippen molar-refractivity contribution in [2.45, 2.75) is 6.61 Å². The van der Waals surface area contributed by atoms with Gasteiger partial charge in [0.1, 0.15) is 11.6 Å². The summed E-state index contributed by atoms with van der Waals surface area (Å²) in [6, 6.07) is 7.50. The lowest BCUT2D eigenvalue weighted by Crippen LogP contribution is -2.05. The Hall–Kier alpha value is -1.92. The standard InChI is InChI=1S/C12H8ClNO4S/c13-10-4-3-8(6-11(10)14(16)17)12(15)18-7-9-2-1-5-19-9/h1-6H,7H2. The van der Waals surface area contributed by atoms with Gasteiger partial charge in [-0.1, -0.05) is 17.7 Å². The van der Waals surface area contributed by atoms with Gasteiger partial charge in [0.2, 0.25) is 0 Å². The fourth-order valence-electron chi connectivity index (χ4n) is 1.39. The van der Waals surface area contributed by atoms with E-state index in [1.165, 1.54) is 23.5 Å². The fraction of sp³-hybridized carbons (Fsp3) is 0.0833. The van der Waals surface area contributed by atoms with E-state index in [1.807, 2.05) is 17.5 Å². The zero-order chi connectivity index (χ0) is 13.8. The van der Waals surface area contributed by atoms with Crippen LogP contribution < -0.4 is 0 Å². The molecule has 0 radical (unpaired) electrons. The molecule has 1 aromatic heterocycles. The molecule has 0 saturated carbocycles. The van der Waals surface area contributed by atoms with Gasteiger partial charge in [0.15, 0.2) is 0 Å². The van der Waals surface area contributed by atoms with Crippen molar-refractivity contribution in [1.82, 2.24) is 0 Å². The molecule has 1 heterocycles. The number of hydrogen-bond acceptors (Lipinski definition) is 5. The van der Waals surface area contributed by atoms with Crippen molar-refractivity contribution in [3.63, 3.8) is 0 Å². The predicted octanol–water partition coefficient (Wildman–Crippen LogP) is 3.67. The number of hydrogen-bond donors (Lipinski definition) is 0. The molecule has 0 unspecified atom stereocenters. The normalized spacial score (nSPS) is 10.2. The van der Waals surface area contributed by atoms with Gasteiger partial charge in [0.25, 0.3) is 5.69 Å². The van der Waals surface area contributed by atoms with Gasteiger partial charge < -0.3 is 4.74 Å². The van der Waals surface area contributed by atoms with Crippen LogP contribution in [-0.4, -0.2) is 10.9 Å². The van der Waals surface area contributed by atoms with Gasteiger partial charge in [-0.25, -0.2) is 4.79 Å². The predicted molar refractivity (Wildman–Crippen MR) is 71.5 cm³/mol. The molecule has 0 aliphatic heterocycles. The highest BCUT2D eigenvalue weighted by Gasteiger charge is 2.17. The lowest BCUT2D eigenvalue weighted by molar-refractivity contribution is -0.384. The highest BCUT2D eigenvalue weighted by atomic mass is 35.5. The SMILES string of the molecule is O=C(OCc1cccs1)c1ccc(Cl)c([N+](=O)[O-])c1. The molecule has 0 fully saturated rings. The van der Waals surface area contributed by atoms with Crippen molar-refractivity contribution in [2.75, 3.05) is 0 Å². The smallest absolute Gasteiger partial charge is 0.338 e. The Kier molecular flexibility index (Phi) is 4.13. The molecule has 0 N–H and O–H groups in total. The van der Waals surface area contributed by atoms with Crippen molar-refractivity contribution in [3.8, 4) is 0 Å². The third kappa shape index (κ3) is 3.30. The minimum atomic E-state index is -0.640. The van der Waals surface area contributed by atoms with E-state index < -0.39 is 10.9 Å². The molecule has 0 amide bonds. The molecular formula is C12H8ClNO4S. The van der Waals surface area contributed by atoms with Gasteiger partial charge in [0.05, 0.1) is 10.5 Å². The van der Waals surface area contributed by atoms with E-state index >= 15 is 0 Å². The number of nitro groups is 1. The Morgan fingerprint density at radius 1 is 1.42 bits per heavy atom. The third-order valence-corrected chi connectivity index (χ3v) is 3.47. The molecule has 5 nitrogen and oxygen atoms in total. The summed E-state index contributed by atoms with van der Waals surface area (Å²) in [5.74, 6) is -0.617. The van der Waals surface area contributed by atoms with E-state index in [2.05, 4.69) is 0 Å². The van der Waals surface area contributed by atoms with Crippen LogP contribution in [0.4, 0.5) is 5.69 Å². The van der Waals surface area contributed by atoms with E-state index in [0.29, 0.717) is 0 Å². The number of carbonyl (C=O) groups is 1. The molecule has 7 heteroatoms. The molecule has 2 rings (SSSR count). The van der Waals surface area contributed by atoms with Crippen LogP contribution in [0.25, 0.3) is 0 Å². The summed E-state index contributed by atoms with van der Waals surface area (Å²) in [6.45, 7) is 0.146. The summed E-state index contributed by atoms with van der Waals surface area (Å²) in [5, 5.41) is 12.6. The Labute approximate surface area is 117 Å². The molecule has 1 aromatic carbocycles. The summed E-state index contributed by atoms with van der Waals surface area (Å²) in [7, 11) is 0. The second-order valence-corrected chi connectivity index (χ2v) is 5.02. The van der Waals surface area contributed by atoms with Crippen LogP contribution in [0.5, 0.6) is 0 Å². The van der Waals surface area contributed by atoms with Crippen molar-refractivity contribution >= 4 is 34.6 Å². The number of nitro benzene ring substituents is 1. The lowest BCUT2D eigenvalue weighted by Gasteiger charge is -2.03. The van der Waals surface area contributed by atoms with Gasteiger partial charge in [-0.2, -0.15) is 0 Å². The number of carbonyl (C=O) groups excluding carboxylic acids is 1. The van der Waals surface area contributed by atoms with E-state index in [0.717, 1.165) is 10.9 Å². The first kappa shape index (κ1) is 13.5. The topological polar surface area (TPSA) is 69.4 Å². The van der Waals surface area contributed by atoms with E-state index in [9.17, 15) is 14.9 Å². The monoisotopic (exact) mass is 297 g/mol. The molecule has 0 atom stereocenters. The summed E-state index contributed by atoms with van der Waals surface area (Å²) >= 11 is 7.13. The van der Waals surface area contributed by atoms with Crippen LogP contribution in [0.2, 0.25) is 5.02 Å². The van der Waals surface area contributed by atoms with E-state index in [1.54, 1.807) is 0 Å². The second-order valence-electron chi connectivity index (χ2n) is 3.58. The molecule has 0 aliphatic rings. The molecule has 0 aliphatic carbocycles. The summed E-state index contributed by atoms with van der Waals surface area (Å²) in [5.41, 5.74) is -0.208. The summed E-state index contributed by atoms with van der Waals surface area (Å²) < 4.78 is 5.05. The third-order valence-electron chi connectivity index (χ3n) is 2.30. The van der Waals surface area contributed by atoms with Gasteiger partial charge in [0, 0.05) is 10.9 Å². The molecule has 0 spiro atoms. The zero-order valence-corrected chi connectivity index (χ0v) is 11.1. The van der Waals surface area contributed by atoms with Gasteiger partial charge >= 0.3 is 5.97 Å². The number of esters is 1. The van der Waals surface area contributed by atoms with Crippen LogP contribution in [0.3, 0.4) is 0 Å². The number of thiophene rings is 1. The lowest BCUT2D eigenvalue weighted by atomic mass is 10.2. The zero-order valence-electron chi connectivity index (χ0n) is 9.54. The highest BCUT2D eigenvalue weighted by molar-refractivity contribution is 7.09. The number of rotatable bonds is 4. The molecular weight excluding hydrogens is 290 g/mol. The van der Waals surface area contributed by atoms with Crippen LogP contribution in [0.1, 0.15) is 15.2 Å². The average molecular weight is 298 g/mol. The van der Waals surface area contributed by atoms with E-state index in [4.69, 9.17) is 16.3 Å².